The zero-order valence-corrected chi connectivity index (χ0v) is 20.5. The lowest BCUT2D eigenvalue weighted by atomic mass is 9.82. The van der Waals surface area contributed by atoms with Crippen LogP contribution in [0.25, 0.3) is 22.4 Å². The minimum atomic E-state index is -0.933. The Kier molecular flexibility index (Phi) is 8.13. The van der Waals surface area contributed by atoms with Crippen LogP contribution < -0.4 is 5.56 Å². The zero-order valence-electron chi connectivity index (χ0n) is 20.5. The summed E-state index contributed by atoms with van der Waals surface area (Å²) in [5, 5.41) is 13.6. The zero-order chi connectivity index (χ0) is 24.8. The molecular formula is C29H34N2O4. The molecule has 6 heteroatoms. The third kappa shape index (κ3) is 6.45. The molecule has 0 aliphatic heterocycles. The van der Waals surface area contributed by atoms with Crippen molar-refractivity contribution in [2.75, 3.05) is 13.2 Å². The summed E-state index contributed by atoms with van der Waals surface area (Å²) in [5.74, 6) is 0.266. The van der Waals surface area contributed by atoms with Crippen molar-refractivity contribution >= 4 is 5.97 Å². The second-order valence-corrected chi connectivity index (χ2v) is 9.87. The second kappa shape index (κ2) is 11.5. The number of carboxylic acid groups (broad SMARTS) is 1. The van der Waals surface area contributed by atoms with Gasteiger partial charge >= 0.3 is 5.97 Å². The van der Waals surface area contributed by atoms with E-state index >= 15 is 0 Å². The fourth-order valence-electron chi connectivity index (χ4n) is 4.84. The molecule has 0 amide bonds. The number of benzene rings is 2. The fraction of sp³-hybridized carbons (Fsp3) is 0.414. The number of hydrogen-bond donors (Lipinski definition) is 1. The first-order chi connectivity index (χ1) is 16.9. The van der Waals surface area contributed by atoms with E-state index in [0.29, 0.717) is 30.9 Å². The molecule has 35 heavy (non-hydrogen) atoms. The van der Waals surface area contributed by atoms with Gasteiger partial charge in [0, 0.05) is 23.7 Å². The number of carbonyl (C=O) groups is 1. The third-order valence-corrected chi connectivity index (χ3v) is 6.91. The Morgan fingerprint density at radius 3 is 2.29 bits per heavy atom. The molecule has 3 aromatic rings. The molecule has 2 aromatic carbocycles. The molecule has 1 aliphatic carbocycles. The van der Waals surface area contributed by atoms with Gasteiger partial charge in [-0.15, -0.1) is 0 Å². The van der Waals surface area contributed by atoms with E-state index in [-0.39, 0.29) is 12.2 Å². The first-order valence-corrected chi connectivity index (χ1v) is 12.5. The average Bonchev–Trinajstić information content (AvgIpc) is 2.86. The monoisotopic (exact) mass is 474 g/mol. The highest BCUT2D eigenvalue weighted by Crippen LogP contribution is 2.32. The molecule has 1 heterocycles. The topological polar surface area (TPSA) is 81.4 Å². The van der Waals surface area contributed by atoms with Crippen molar-refractivity contribution in [1.82, 2.24) is 9.78 Å². The van der Waals surface area contributed by atoms with Crippen molar-refractivity contribution < 1.29 is 14.6 Å². The number of ether oxygens (including phenoxy) is 1. The van der Waals surface area contributed by atoms with Gasteiger partial charge in [0.2, 0.25) is 0 Å². The molecule has 1 N–H and O–H groups in total. The van der Waals surface area contributed by atoms with Crippen LogP contribution in [0, 0.1) is 11.8 Å². The van der Waals surface area contributed by atoms with Crippen LogP contribution in [0.15, 0.2) is 65.5 Å². The molecule has 0 atom stereocenters. The first-order valence-electron chi connectivity index (χ1n) is 12.5. The van der Waals surface area contributed by atoms with Crippen LogP contribution in [0.1, 0.15) is 51.0 Å². The average molecular weight is 475 g/mol. The SMILES string of the molecule is CC(C)c1ccc(-c2nn(CC3CCC(COCC(=O)O)CC3)c(=O)cc2-c2ccccc2)cc1. The largest absolute Gasteiger partial charge is 0.480 e. The fourth-order valence-corrected chi connectivity index (χ4v) is 4.84. The van der Waals surface area contributed by atoms with Crippen molar-refractivity contribution in [3.05, 3.63) is 76.6 Å². The molecule has 0 spiro atoms. The highest BCUT2D eigenvalue weighted by Gasteiger charge is 2.23. The number of hydrogen-bond acceptors (Lipinski definition) is 4. The predicted octanol–water partition coefficient (Wildman–Crippen LogP) is 5.61. The molecule has 0 saturated heterocycles. The molecule has 184 valence electrons. The maximum absolute atomic E-state index is 13.1. The van der Waals surface area contributed by atoms with Crippen LogP contribution in [-0.4, -0.2) is 34.1 Å². The van der Waals surface area contributed by atoms with Crippen LogP contribution in [0.3, 0.4) is 0 Å². The van der Waals surface area contributed by atoms with Gasteiger partial charge in [0.05, 0.1) is 12.3 Å². The Morgan fingerprint density at radius 2 is 1.66 bits per heavy atom. The van der Waals surface area contributed by atoms with E-state index in [2.05, 4.69) is 38.1 Å². The van der Waals surface area contributed by atoms with Gasteiger partial charge in [-0.3, -0.25) is 4.79 Å². The summed E-state index contributed by atoms with van der Waals surface area (Å²) in [6.07, 6.45) is 3.91. The molecule has 6 nitrogen and oxygen atoms in total. The Morgan fingerprint density at radius 1 is 1.00 bits per heavy atom. The van der Waals surface area contributed by atoms with Crippen LogP contribution in [0.5, 0.6) is 0 Å². The van der Waals surface area contributed by atoms with E-state index in [1.807, 2.05) is 30.3 Å². The minimum Gasteiger partial charge on any atom is -0.480 e. The van der Waals surface area contributed by atoms with E-state index in [9.17, 15) is 9.59 Å². The van der Waals surface area contributed by atoms with Gasteiger partial charge in [0.1, 0.15) is 6.61 Å². The van der Waals surface area contributed by atoms with Gasteiger partial charge < -0.3 is 9.84 Å². The maximum atomic E-state index is 13.1. The second-order valence-electron chi connectivity index (χ2n) is 9.87. The summed E-state index contributed by atoms with van der Waals surface area (Å²) < 4.78 is 6.91. The van der Waals surface area contributed by atoms with Crippen molar-refractivity contribution in [2.24, 2.45) is 11.8 Å². The molecule has 1 fully saturated rings. The molecule has 1 saturated carbocycles. The number of carboxylic acids is 1. The van der Waals surface area contributed by atoms with Gasteiger partial charge in [-0.1, -0.05) is 68.4 Å². The van der Waals surface area contributed by atoms with Crippen LogP contribution in [-0.2, 0) is 16.1 Å². The van der Waals surface area contributed by atoms with Gasteiger partial charge in [-0.05, 0) is 54.6 Å². The molecule has 4 rings (SSSR count). The standard InChI is InChI=1S/C29H34N2O4/c1-20(2)23-12-14-25(15-13-23)29-26(24-6-4-3-5-7-24)16-27(32)31(30-29)17-21-8-10-22(11-9-21)18-35-19-28(33)34/h3-7,12-16,20-22H,8-11,17-19H2,1-2H3,(H,33,34). The van der Waals surface area contributed by atoms with E-state index in [0.717, 1.165) is 48.1 Å². The number of aliphatic carboxylic acids is 1. The summed E-state index contributed by atoms with van der Waals surface area (Å²) in [6, 6.07) is 20.1. The Bertz CT molecular complexity index is 1180. The van der Waals surface area contributed by atoms with Crippen LogP contribution in [0.2, 0.25) is 0 Å². The number of nitrogens with zero attached hydrogens (tertiary/aromatic N) is 2. The predicted molar refractivity (Wildman–Crippen MR) is 137 cm³/mol. The van der Waals surface area contributed by atoms with Crippen molar-refractivity contribution in [3.63, 3.8) is 0 Å². The Hall–Kier alpha value is -3.25. The highest BCUT2D eigenvalue weighted by molar-refractivity contribution is 5.80. The smallest absolute Gasteiger partial charge is 0.329 e. The first kappa shape index (κ1) is 24.9. The maximum Gasteiger partial charge on any atom is 0.329 e. The van der Waals surface area contributed by atoms with E-state index in [4.69, 9.17) is 14.9 Å². The van der Waals surface area contributed by atoms with E-state index < -0.39 is 5.97 Å². The van der Waals surface area contributed by atoms with Gasteiger partial charge in [0.15, 0.2) is 0 Å². The highest BCUT2D eigenvalue weighted by atomic mass is 16.5. The summed E-state index contributed by atoms with van der Waals surface area (Å²) in [4.78, 5) is 23.8. The summed E-state index contributed by atoms with van der Waals surface area (Å²) >= 11 is 0. The normalized spacial score (nSPS) is 18.0. The quantitative estimate of drug-likeness (QED) is 0.436. The molecule has 0 radical (unpaired) electrons. The summed E-state index contributed by atoms with van der Waals surface area (Å²) in [5.41, 5.74) is 4.84. The molecule has 0 bridgehead atoms. The van der Waals surface area contributed by atoms with Crippen molar-refractivity contribution in [2.45, 2.75) is 52.0 Å². The molecule has 1 aliphatic rings. The van der Waals surface area contributed by atoms with E-state index in [1.54, 1.807) is 10.7 Å². The lowest BCUT2D eigenvalue weighted by molar-refractivity contribution is -0.142. The lowest BCUT2D eigenvalue weighted by Crippen LogP contribution is -2.29. The summed E-state index contributed by atoms with van der Waals surface area (Å²) in [7, 11) is 0. The third-order valence-electron chi connectivity index (χ3n) is 6.91. The lowest BCUT2D eigenvalue weighted by Gasteiger charge is -2.28. The van der Waals surface area contributed by atoms with Gasteiger partial charge in [0.25, 0.3) is 5.56 Å². The summed E-state index contributed by atoms with van der Waals surface area (Å²) in [6.45, 7) is 5.19. The van der Waals surface area contributed by atoms with Gasteiger partial charge in [-0.2, -0.15) is 5.10 Å². The van der Waals surface area contributed by atoms with Crippen LogP contribution >= 0.6 is 0 Å². The van der Waals surface area contributed by atoms with Crippen molar-refractivity contribution in [3.8, 4) is 22.4 Å². The molecular weight excluding hydrogens is 440 g/mol. The van der Waals surface area contributed by atoms with E-state index in [1.165, 1.54) is 5.56 Å². The van der Waals surface area contributed by atoms with Crippen molar-refractivity contribution in [1.29, 1.82) is 0 Å². The number of rotatable bonds is 9. The molecule has 1 aromatic heterocycles. The Balaban J connectivity index is 1.55. The Labute approximate surface area is 206 Å². The minimum absolute atomic E-state index is 0.0849. The van der Waals surface area contributed by atoms with Gasteiger partial charge in [-0.25, -0.2) is 9.48 Å². The molecule has 0 unspecified atom stereocenters. The van der Waals surface area contributed by atoms with Crippen LogP contribution in [0.4, 0.5) is 0 Å². The number of aromatic nitrogens is 2.